The fraction of sp³-hybridized carbons (Fsp3) is 0.429. The minimum atomic E-state index is 0.352. The normalized spacial score (nSPS) is 17.1. The van der Waals surface area contributed by atoms with Gasteiger partial charge in [0.05, 0.1) is 0 Å². The molecule has 0 heterocycles. The molecular weight excluding hydrogens is 196 g/mol. The minimum absolute atomic E-state index is 0.352. The summed E-state index contributed by atoms with van der Waals surface area (Å²) in [5, 5.41) is 0. The molecule has 1 aliphatic rings. The Bertz CT molecular complexity index is 359. The Balaban J connectivity index is 2.06. The summed E-state index contributed by atoms with van der Waals surface area (Å²) < 4.78 is 0. The van der Waals surface area contributed by atoms with Crippen molar-refractivity contribution in [3.05, 3.63) is 47.5 Å². The fourth-order valence-corrected chi connectivity index (χ4v) is 2.61. The highest BCUT2D eigenvalue weighted by Gasteiger charge is 2.27. The van der Waals surface area contributed by atoms with Crippen LogP contribution >= 0.6 is 0 Å². The molecule has 1 aromatic rings. The van der Waals surface area contributed by atoms with Crippen LogP contribution in [0.15, 0.2) is 36.4 Å². The van der Waals surface area contributed by atoms with Crippen LogP contribution in [0.5, 0.6) is 0 Å². The summed E-state index contributed by atoms with van der Waals surface area (Å²) in [6.45, 7) is 6.03. The molecule has 1 aliphatic carbocycles. The van der Waals surface area contributed by atoms with Gasteiger partial charge in [-0.15, -0.1) is 6.58 Å². The number of fused-ring (bicyclic) bond motifs is 1. The van der Waals surface area contributed by atoms with E-state index in [2.05, 4.69) is 43.2 Å². The summed E-state index contributed by atoms with van der Waals surface area (Å²) in [5.41, 5.74) is 7.10. The van der Waals surface area contributed by atoms with Crippen molar-refractivity contribution in [1.29, 1.82) is 0 Å². The predicted octanol–water partition coefficient (Wildman–Crippen LogP) is 2.20. The van der Waals surface area contributed by atoms with Gasteiger partial charge < -0.3 is 0 Å². The molecule has 1 aromatic carbocycles. The van der Waals surface area contributed by atoms with Crippen molar-refractivity contribution in [3.8, 4) is 0 Å². The number of hydrogen-bond acceptors (Lipinski definition) is 2. The van der Waals surface area contributed by atoms with Gasteiger partial charge in [-0.25, -0.2) is 0 Å². The molecule has 2 nitrogen and oxygen atoms in total. The van der Waals surface area contributed by atoms with Crippen LogP contribution in [0.1, 0.15) is 24.5 Å². The van der Waals surface area contributed by atoms with Gasteiger partial charge in [-0.05, 0) is 43.2 Å². The first kappa shape index (κ1) is 11.4. The zero-order chi connectivity index (χ0) is 11.5. The lowest BCUT2D eigenvalue weighted by molar-refractivity contribution is 0.366. The Morgan fingerprint density at radius 3 is 2.44 bits per heavy atom. The molecule has 0 fully saturated rings. The van der Waals surface area contributed by atoms with E-state index < -0.39 is 0 Å². The first-order valence-corrected chi connectivity index (χ1v) is 5.88. The number of nitrogens with two attached hydrogens (primary N) is 1. The maximum absolute atomic E-state index is 5.64. The lowest BCUT2D eigenvalue weighted by Crippen LogP contribution is -2.41. The quantitative estimate of drug-likeness (QED) is 0.460. The highest BCUT2D eigenvalue weighted by Crippen LogP contribution is 2.30. The van der Waals surface area contributed by atoms with Crippen molar-refractivity contribution in [1.82, 2.24) is 5.43 Å². The second kappa shape index (κ2) is 4.81. The lowest BCUT2D eigenvalue weighted by atomic mass is 9.92. The molecule has 0 aliphatic heterocycles. The van der Waals surface area contributed by atoms with Crippen LogP contribution in [0.3, 0.4) is 0 Å². The van der Waals surface area contributed by atoms with E-state index in [4.69, 9.17) is 5.84 Å². The predicted molar refractivity (Wildman–Crippen MR) is 67.9 cm³/mol. The Morgan fingerprint density at radius 2 is 2.00 bits per heavy atom. The van der Waals surface area contributed by atoms with Crippen molar-refractivity contribution in [2.24, 2.45) is 11.8 Å². The summed E-state index contributed by atoms with van der Waals surface area (Å²) >= 11 is 0. The second-order valence-electron chi connectivity index (χ2n) is 4.87. The van der Waals surface area contributed by atoms with Gasteiger partial charge in [-0.2, -0.15) is 0 Å². The molecule has 0 saturated heterocycles. The molecule has 1 unspecified atom stereocenters. The molecule has 0 bridgehead atoms. The standard InChI is InChI=1S/C14H20N2/c1-10(2)7-14(16-15)13-8-11-5-3-4-6-12(11)9-13/h3-6,13-14,16H,1,7-9,15H2,2H3. The molecule has 1 atom stereocenters. The minimum Gasteiger partial charge on any atom is -0.271 e. The van der Waals surface area contributed by atoms with Crippen molar-refractivity contribution < 1.29 is 0 Å². The summed E-state index contributed by atoms with van der Waals surface area (Å²) in [6, 6.07) is 9.04. The number of hydrazine groups is 1. The highest BCUT2D eigenvalue weighted by molar-refractivity contribution is 5.32. The average Bonchev–Trinajstić information content (AvgIpc) is 2.68. The topological polar surface area (TPSA) is 38.0 Å². The Hall–Kier alpha value is -1.12. The molecule has 0 amide bonds. The van der Waals surface area contributed by atoms with E-state index >= 15 is 0 Å². The van der Waals surface area contributed by atoms with E-state index in [9.17, 15) is 0 Å². The molecule has 86 valence electrons. The molecule has 2 heteroatoms. The second-order valence-corrected chi connectivity index (χ2v) is 4.87. The zero-order valence-corrected chi connectivity index (χ0v) is 9.87. The molecule has 16 heavy (non-hydrogen) atoms. The third kappa shape index (κ3) is 2.34. The van der Waals surface area contributed by atoms with Crippen LogP contribution in [-0.4, -0.2) is 6.04 Å². The summed E-state index contributed by atoms with van der Waals surface area (Å²) in [4.78, 5) is 0. The van der Waals surface area contributed by atoms with Crippen molar-refractivity contribution in [2.45, 2.75) is 32.2 Å². The number of nitrogens with one attached hydrogen (secondary N) is 1. The number of benzene rings is 1. The van der Waals surface area contributed by atoms with Gasteiger partial charge in [0.2, 0.25) is 0 Å². The van der Waals surface area contributed by atoms with Gasteiger partial charge in [0.25, 0.3) is 0 Å². The van der Waals surface area contributed by atoms with Gasteiger partial charge in [-0.3, -0.25) is 11.3 Å². The third-order valence-electron chi connectivity index (χ3n) is 3.43. The van der Waals surface area contributed by atoms with E-state index in [1.807, 2.05) is 0 Å². The van der Waals surface area contributed by atoms with Crippen LogP contribution < -0.4 is 11.3 Å². The molecular formula is C14H20N2. The van der Waals surface area contributed by atoms with Gasteiger partial charge in [0.15, 0.2) is 0 Å². The van der Waals surface area contributed by atoms with Crippen LogP contribution in [0.4, 0.5) is 0 Å². The van der Waals surface area contributed by atoms with E-state index in [1.165, 1.54) is 16.7 Å². The number of rotatable bonds is 4. The van der Waals surface area contributed by atoms with Gasteiger partial charge >= 0.3 is 0 Å². The maximum atomic E-state index is 5.64. The van der Waals surface area contributed by atoms with Crippen molar-refractivity contribution in [2.75, 3.05) is 0 Å². The Kier molecular flexibility index (Phi) is 3.42. The van der Waals surface area contributed by atoms with Crippen LogP contribution in [-0.2, 0) is 12.8 Å². The van der Waals surface area contributed by atoms with Crippen molar-refractivity contribution in [3.63, 3.8) is 0 Å². The monoisotopic (exact) mass is 216 g/mol. The van der Waals surface area contributed by atoms with Gasteiger partial charge in [-0.1, -0.05) is 29.8 Å². The van der Waals surface area contributed by atoms with Crippen molar-refractivity contribution >= 4 is 0 Å². The van der Waals surface area contributed by atoms with E-state index in [0.29, 0.717) is 12.0 Å². The van der Waals surface area contributed by atoms with Gasteiger partial charge in [0, 0.05) is 6.04 Å². The molecule has 0 radical (unpaired) electrons. The van der Waals surface area contributed by atoms with Crippen LogP contribution in [0.25, 0.3) is 0 Å². The Labute approximate surface area is 97.5 Å². The summed E-state index contributed by atoms with van der Waals surface area (Å²) in [5.74, 6) is 6.25. The lowest BCUT2D eigenvalue weighted by Gasteiger charge is -2.22. The highest BCUT2D eigenvalue weighted by atomic mass is 15.2. The molecule has 2 rings (SSSR count). The fourth-order valence-electron chi connectivity index (χ4n) is 2.61. The SMILES string of the molecule is C=C(C)CC(NN)C1Cc2ccccc2C1. The molecule has 3 N–H and O–H groups in total. The molecule has 0 aromatic heterocycles. The van der Waals surface area contributed by atoms with E-state index in [-0.39, 0.29) is 0 Å². The third-order valence-corrected chi connectivity index (χ3v) is 3.43. The molecule has 0 spiro atoms. The number of hydrogen-bond donors (Lipinski definition) is 2. The molecule has 0 saturated carbocycles. The summed E-state index contributed by atoms with van der Waals surface area (Å²) in [7, 11) is 0. The van der Waals surface area contributed by atoms with E-state index in [1.54, 1.807) is 0 Å². The smallest absolute Gasteiger partial charge is 0.0282 e. The van der Waals surface area contributed by atoms with Crippen LogP contribution in [0.2, 0.25) is 0 Å². The first-order chi connectivity index (χ1) is 7.70. The Morgan fingerprint density at radius 1 is 1.44 bits per heavy atom. The van der Waals surface area contributed by atoms with E-state index in [0.717, 1.165) is 19.3 Å². The first-order valence-electron chi connectivity index (χ1n) is 5.88. The van der Waals surface area contributed by atoms with Crippen LogP contribution in [0, 0.1) is 5.92 Å². The average molecular weight is 216 g/mol. The largest absolute Gasteiger partial charge is 0.271 e. The maximum Gasteiger partial charge on any atom is 0.0282 e. The zero-order valence-electron chi connectivity index (χ0n) is 9.87. The summed E-state index contributed by atoms with van der Waals surface area (Å²) in [6.07, 6.45) is 3.24. The van der Waals surface area contributed by atoms with Gasteiger partial charge in [0.1, 0.15) is 0 Å².